The lowest BCUT2D eigenvalue weighted by atomic mass is 10.3. The highest BCUT2D eigenvalue weighted by molar-refractivity contribution is 5.77. The summed E-state index contributed by atoms with van der Waals surface area (Å²) in [6.07, 6.45) is 0.705. The lowest BCUT2D eigenvalue weighted by molar-refractivity contribution is -0.123. The van der Waals surface area contributed by atoms with Crippen molar-refractivity contribution in [1.29, 1.82) is 0 Å². The number of carbonyl (C=O) groups excluding carboxylic acids is 2. The zero-order valence-electron chi connectivity index (χ0n) is 10.4. The summed E-state index contributed by atoms with van der Waals surface area (Å²) in [5.74, 6) is 0.446. The minimum atomic E-state index is -0.165. The summed E-state index contributed by atoms with van der Waals surface area (Å²) in [7, 11) is 0. The molecule has 0 unspecified atom stereocenters. The third kappa shape index (κ3) is 6.52. The number of hydrogen-bond donors (Lipinski definition) is 2. The molecule has 98 valence electrons. The minimum Gasteiger partial charge on any atom is -0.484 e. The van der Waals surface area contributed by atoms with Crippen LogP contribution in [0.25, 0.3) is 0 Å². The summed E-state index contributed by atoms with van der Waals surface area (Å²) in [5.41, 5.74) is 0. The van der Waals surface area contributed by atoms with Gasteiger partial charge in [-0.3, -0.25) is 9.59 Å². The van der Waals surface area contributed by atoms with Crippen LogP contribution in [0.4, 0.5) is 0 Å². The lowest BCUT2D eigenvalue weighted by Gasteiger charge is -2.07. The van der Waals surface area contributed by atoms with Gasteiger partial charge in [-0.25, -0.2) is 0 Å². The van der Waals surface area contributed by atoms with Crippen molar-refractivity contribution in [1.82, 2.24) is 10.6 Å². The van der Waals surface area contributed by atoms with Gasteiger partial charge in [0.05, 0.1) is 0 Å². The molecule has 0 atom stereocenters. The maximum atomic E-state index is 11.4. The number of nitrogens with one attached hydrogen (secondary N) is 2. The van der Waals surface area contributed by atoms with Crippen LogP contribution in [-0.2, 0) is 9.59 Å². The first-order valence-corrected chi connectivity index (χ1v) is 5.87. The molecule has 5 heteroatoms. The molecule has 0 spiro atoms. The summed E-state index contributed by atoms with van der Waals surface area (Å²) in [6.45, 7) is 2.56. The molecule has 1 rings (SSSR count). The van der Waals surface area contributed by atoms with Crippen molar-refractivity contribution >= 4 is 11.8 Å². The second-order valence-corrected chi connectivity index (χ2v) is 3.79. The van der Waals surface area contributed by atoms with E-state index in [9.17, 15) is 9.59 Å². The average molecular weight is 250 g/mol. The van der Waals surface area contributed by atoms with Crippen molar-refractivity contribution < 1.29 is 14.3 Å². The van der Waals surface area contributed by atoms with Crippen molar-refractivity contribution in [2.75, 3.05) is 19.7 Å². The number of para-hydroxylation sites is 1. The van der Waals surface area contributed by atoms with Crippen LogP contribution in [0.15, 0.2) is 30.3 Å². The molecule has 0 aliphatic rings. The van der Waals surface area contributed by atoms with E-state index in [-0.39, 0.29) is 18.4 Å². The van der Waals surface area contributed by atoms with Crippen LogP contribution in [0.1, 0.15) is 13.3 Å². The maximum absolute atomic E-state index is 11.4. The Hall–Kier alpha value is -2.04. The molecule has 18 heavy (non-hydrogen) atoms. The van der Waals surface area contributed by atoms with E-state index in [0.717, 1.165) is 0 Å². The highest BCUT2D eigenvalue weighted by Crippen LogP contribution is 2.07. The number of carbonyl (C=O) groups is 2. The smallest absolute Gasteiger partial charge is 0.257 e. The monoisotopic (exact) mass is 250 g/mol. The molecule has 1 aromatic rings. The Bertz CT molecular complexity index is 379. The quantitative estimate of drug-likeness (QED) is 0.700. The van der Waals surface area contributed by atoms with Crippen molar-refractivity contribution in [3.8, 4) is 5.75 Å². The Labute approximate surface area is 107 Å². The second-order valence-electron chi connectivity index (χ2n) is 3.79. The van der Waals surface area contributed by atoms with E-state index in [2.05, 4.69) is 10.6 Å². The molecule has 0 bridgehead atoms. The molecule has 5 nitrogen and oxygen atoms in total. The average Bonchev–Trinajstić information content (AvgIpc) is 2.37. The van der Waals surface area contributed by atoms with E-state index in [4.69, 9.17) is 4.74 Å². The standard InChI is InChI=1S/C13H18N2O3/c1-11(16)14-8-5-9-15-13(17)10-18-12-6-3-2-4-7-12/h2-4,6-7H,5,8-10H2,1H3,(H,14,16)(H,15,17). The third-order valence-corrected chi connectivity index (χ3v) is 2.16. The topological polar surface area (TPSA) is 67.4 Å². The van der Waals surface area contributed by atoms with Crippen LogP contribution < -0.4 is 15.4 Å². The summed E-state index contributed by atoms with van der Waals surface area (Å²) in [4.78, 5) is 22.0. The summed E-state index contributed by atoms with van der Waals surface area (Å²) >= 11 is 0. The Balaban J connectivity index is 2.06. The second kappa shape index (κ2) is 8.11. The van der Waals surface area contributed by atoms with Gasteiger partial charge in [0, 0.05) is 20.0 Å². The summed E-state index contributed by atoms with van der Waals surface area (Å²) in [5, 5.41) is 5.37. The Kier molecular flexibility index (Phi) is 6.32. The fourth-order valence-electron chi connectivity index (χ4n) is 1.30. The van der Waals surface area contributed by atoms with Crippen LogP contribution in [0.2, 0.25) is 0 Å². The number of hydrogen-bond acceptors (Lipinski definition) is 3. The summed E-state index contributed by atoms with van der Waals surface area (Å²) in [6, 6.07) is 9.17. The highest BCUT2D eigenvalue weighted by atomic mass is 16.5. The molecule has 0 aliphatic heterocycles. The Morgan fingerprint density at radius 3 is 2.44 bits per heavy atom. The minimum absolute atomic E-state index is 0.00412. The SMILES string of the molecule is CC(=O)NCCCNC(=O)COc1ccccc1. The molecular weight excluding hydrogens is 232 g/mol. The summed E-state index contributed by atoms with van der Waals surface area (Å²) < 4.78 is 5.28. The van der Waals surface area contributed by atoms with Gasteiger partial charge in [0.1, 0.15) is 5.75 Å². The van der Waals surface area contributed by atoms with Crippen LogP contribution in [0.5, 0.6) is 5.75 Å². The zero-order valence-corrected chi connectivity index (χ0v) is 10.4. The zero-order chi connectivity index (χ0) is 13.2. The van der Waals surface area contributed by atoms with Gasteiger partial charge in [0.15, 0.2) is 6.61 Å². The Morgan fingerprint density at radius 2 is 1.78 bits per heavy atom. The van der Waals surface area contributed by atoms with E-state index in [1.165, 1.54) is 6.92 Å². The third-order valence-electron chi connectivity index (χ3n) is 2.16. The van der Waals surface area contributed by atoms with E-state index in [1.807, 2.05) is 18.2 Å². The number of ether oxygens (including phenoxy) is 1. The first-order valence-electron chi connectivity index (χ1n) is 5.87. The highest BCUT2D eigenvalue weighted by Gasteiger charge is 2.01. The lowest BCUT2D eigenvalue weighted by Crippen LogP contribution is -2.32. The molecule has 0 heterocycles. The normalized spacial score (nSPS) is 9.61. The van der Waals surface area contributed by atoms with Crippen molar-refractivity contribution in [3.63, 3.8) is 0 Å². The number of rotatable bonds is 7. The molecule has 2 N–H and O–H groups in total. The molecule has 0 aromatic heterocycles. The van der Waals surface area contributed by atoms with Gasteiger partial charge < -0.3 is 15.4 Å². The first-order chi connectivity index (χ1) is 8.68. The largest absolute Gasteiger partial charge is 0.484 e. The molecule has 0 saturated carbocycles. The van der Waals surface area contributed by atoms with Gasteiger partial charge in [-0.1, -0.05) is 18.2 Å². The van der Waals surface area contributed by atoms with Gasteiger partial charge in [-0.2, -0.15) is 0 Å². The van der Waals surface area contributed by atoms with E-state index < -0.39 is 0 Å². The predicted molar refractivity (Wildman–Crippen MR) is 68.2 cm³/mol. The Morgan fingerprint density at radius 1 is 1.11 bits per heavy atom. The van der Waals surface area contributed by atoms with Crippen LogP contribution in [-0.4, -0.2) is 31.5 Å². The van der Waals surface area contributed by atoms with Crippen LogP contribution in [0, 0.1) is 0 Å². The molecule has 0 aliphatic carbocycles. The van der Waals surface area contributed by atoms with Crippen LogP contribution in [0.3, 0.4) is 0 Å². The fraction of sp³-hybridized carbons (Fsp3) is 0.385. The van der Waals surface area contributed by atoms with Crippen molar-refractivity contribution in [3.05, 3.63) is 30.3 Å². The van der Waals surface area contributed by atoms with E-state index >= 15 is 0 Å². The van der Waals surface area contributed by atoms with Gasteiger partial charge >= 0.3 is 0 Å². The molecular formula is C13H18N2O3. The van der Waals surface area contributed by atoms with Crippen molar-refractivity contribution in [2.24, 2.45) is 0 Å². The van der Waals surface area contributed by atoms with Crippen LogP contribution >= 0.6 is 0 Å². The van der Waals surface area contributed by atoms with E-state index in [0.29, 0.717) is 25.3 Å². The van der Waals surface area contributed by atoms with E-state index in [1.54, 1.807) is 12.1 Å². The van der Waals surface area contributed by atoms with Gasteiger partial charge in [-0.15, -0.1) is 0 Å². The molecule has 1 aromatic carbocycles. The fourth-order valence-corrected chi connectivity index (χ4v) is 1.30. The van der Waals surface area contributed by atoms with Gasteiger partial charge in [0.2, 0.25) is 5.91 Å². The number of benzene rings is 1. The molecule has 2 amide bonds. The predicted octanol–water partition coefficient (Wildman–Crippen LogP) is 0.708. The maximum Gasteiger partial charge on any atom is 0.257 e. The first kappa shape index (κ1) is 14.0. The molecule has 0 saturated heterocycles. The van der Waals surface area contributed by atoms with Crippen molar-refractivity contribution in [2.45, 2.75) is 13.3 Å². The number of amides is 2. The van der Waals surface area contributed by atoms with Gasteiger partial charge in [0.25, 0.3) is 5.91 Å². The molecule has 0 fully saturated rings. The molecule has 0 radical (unpaired) electrons. The van der Waals surface area contributed by atoms with Gasteiger partial charge in [-0.05, 0) is 18.6 Å².